The summed E-state index contributed by atoms with van der Waals surface area (Å²) in [6.07, 6.45) is 10.1. The summed E-state index contributed by atoms with van der Waals surface area (Å²) >= 11 is 0. The van der Waals surface area contributed by atoms with Gasteiger partial charge in [-0.05, 0) is 74.6 Å². The van der Waals surface area contributed by atoms with E-state index in [2.05, 4.69) is 83.1 Å². The number of carbonyl (C=O) groups is 10. The number of rotatable bonds is 32. The predicted molar refractivity (Wildman–Crippen MR) is 332 cm³/mol. The van der Waals surface area contributed by atoms with Crippen molar-refractivity contribution in [1.29, 1.82) is 5.41 Å². The Bertz CT molecular complexity index is 3530. The Labute approximate surface area is 523 Å². The number of imidazole rings is 2. The van der Waals surface area contributed by atoms with Gasteiger partial charge in [-0.3, -0.25) is 53.4 Å². The van der Waals surface area contributed by atoms with Gasteiger partial charge in [-0.1, -0.05) is 50.2 Å². The van der Waals surface area contributed by atoms with Gasteiger partial charge in [-0.2, -0.15) is 0 Å². The first kappa shape index (κ1) is 66.8. The van der Waals surface area contributed by atoms with Crippen molar-refractivity contribution in [2.24, 2.45) is 11.7 Å². The number of benzene rings is 2. The molecule has 0 saturated carbocycles. The number of H-pyrrole nitrogens is 4. The van der Waals surface area contributed by atoms with Crippen molar-refractivity contribution in [1.82, 2.24) is 88.0 Å². The molecule has 486 valence electrons. The van der Waals surface area contributed by atoms with Crippen LogP contribution >= 0.6 is 0 Å². The van der Waals surface area contributed by atoms with E-state index in [0.29, 0.717) is 41.6 Å². The molecule has 0 aliphatic carbocycles. The van der Waals surface area contributed by atoms with Crippen LogP contribution in [0.5, 0.6) is 0 Å². The summed E-state index contributed by atoms with van der Waals surface area (Å²) in [6, 6.07) is 2.82. The monoisotopic (exact) mass is 1260 g/mol. The number of aromatic amines is 4. The molecule has 2 saturated heterocycles. The lowest BCUT2D eigenvalue weighted by Crippen LogP contribution is -2.61. The lowest BCUT2D eigenvalue weighted by molar-refractivity contribution is -0.142. The number of likely N-dealkylation sites (N-methyl/N-ethyl adjacent to an activating group) is 1. The fourth-order valence-electron chi connectivity index (χ4n) is 11.3. The third kappa shape index (κ3) is 18.3. The van der Waals surface area contributed by atoms with Gasteiger partial charge in [0.05, 0.1) is 30.6 Å². The number of guanidine groups is 1. The van der Waals surface area contributed by atoms with Gasteiger partial charge in [-0.15, -0.1) is 0 Å². The molecule has 0 bridgehead atoms. The van der Waals surface area contributed by atoms with Crippen molar-refractivity contribution >= 4 is 86.8 Å². The molecule has 4 aromatic heterocycles. The standard InChI is InChI=1S/C61H81N19O11/c1-4-66-59(90)50-16-10-20-80(50)60(91)43(15-9-19-67-61(62)63)73-53(84)44(21-33(2)3)74-54(85)45(22-34-26-68-40-13-7-5-11-38(34)40)75-57(88)48(25-37-29-65-32-71-37)78-58(89)49(30-81)79-55(86)46(23-35-27-69-41-14-8-6-12-39(35)41)76-56(87)47(24-36-28-64-31-70-36)77-52(83)42-17-18-51(82)72-42/h5-8,11-14,26-29,31-33,42-50,68-69,81H,4,9-10,15-25,30H2,1-3H3,(H,64,70)(H,65,71)(H,66,90)(H,72,82)(H,73,84)(H,74,85)(H,75,88)(H,76,87)(H,77,83)(H,78,89)(H,79,86)(H4,62,63,67)/t42-,43-,44-,45+,46-,47-,48-,49-,50-/m0/s1. The number of aliphatic hydroxyl groups is 1. The molecule has 30 nitrogen and oxygen atoms in total. The highest BCUT2D eigenvalue weighted by atomic mass is 16.3. The zero-order valence-electron chi connectivity index (χ0n) is 50.9. The molecule has 8 rings (SSSR count). The summed E-state index contributed by atoms with van der Waals surface area (Å²) in [6.45, 7) is 5.25. The van der Waals surface area contributed by atoms with Crippen molar-refractivity contribution in [3.63, 3.8) is 0 Å². The maximum Gasteiger partial charge on any atom is 0.245 e. The van der Waals surface area contributed by atoms with Crippen molar-refractivity contribution in [3.8, 4) is 0 Å². The average Bonchev–Trinajstić information content (AvgIpc) is 1.97. The van der Waals surface area contributed by atoms with Gasteiger partial charge in [0.1, 0.15) is 54.4 Å². The summed E-state index contributed by atoms with van der Waals surface area (Å²) in [5.41, 5.74) is 8.83. The van der Waals surface area contributed by atoms with Gasteiger partial charge in [0, 0.05) is 98.3 Å². The molecular weight excluding hydrogens is 1170 g/mol. The summed E-state index contributed by atoms with van der Waals surface area (Å²) in [4.78, 5) is 163. The first-order valence-corrected chi connectivity index (χ1v) is 30.5. The Morgan fingerprint density at radius 3 is 1.63 bits per heavy atom. The average molecular weight is 1260 g/mol. The molecule has 6 heterocycles. The van der Waals surface area contributed by atoms with Crippen molar-refractivity contribution in [3.05, 3.63) is 108 Å². The third-order valence-electron chi connectivity index (χ3n) is 15.9. The summed E-state index contributed by atoms with van der Waals surface area (Å²) < 4.78 is 0. The van der Waals surface area contributed by atoms with Crippen LogP contribution in [0.3, 0.4) is 0 Å². The number of aromatic nitrogens is 6. The van der Waals surface area contributed by atoms with E-state index in [1.165, 1.54) is 29.9 Å². The molecule has 2 aromatic carbocycles. The van der Waals surface area contributed by atoms with Crippen LogP contribution in [0.2, 0.25) is 0 Å². The SMILES string of the molecule is CCNC(=O)[C@@H]1CCCN1C(=O)[C@H](CCCNC(=N)N)NC(=O)[C@H](CC(C)C)NC(=O)[C@@H](Cc1c[nH]c2ccccc12)NC(=O)[C@H](Cc1c[nH]cn1)NC(=O)[C@H](CO)NC(=O)[C@H](Cc1c[nH]c2ccccc12)NC(=O)[C@H](Cc1c[nH]cn1)NC(=O)[C@@H]1CCC(=O)N1. The topological polar surface area (TPSA) is 453 Å². The molecule has 30 heteroatoms. The molecule has 0 spiro atoms. The van der Waals surface area contributed by atoms with Crippen LogP contribution in [0.4, 0.5) is 0 Å². The Morgan fingerprint density at radius 1 is 0.637 bits per heavy atom. The number of nitrogens with zero attached hydrogens (tertiary/aromatic N) is 3. The normalized spacial score (nSPS) is 16.9. The van der Waals surface area contributed by atoms with E-state index in [1.807, 2.05) is 44.2 Å². The number of fused-ring (bicyclic) bond motifs is 2. The number of nitrogens with one attached hydrogen (secondary N) is 15. The maximum absolute atomic E-state index is 15.0. The lowest BCUT2D eigenvalue weighted by atomic mass is 9.99. The van der Waals surface area contributed by atoms with E-state index >= 15 is 0 Å². The molecule has 9 atom stereocenters. The van der Waals surface area contributed by atoms with E-state index in [-0.39, 0.29) is 100 Å². The largest absolute Gasteiger partial charge is 0.394 e. The first-order valence-electron chi connectivity index (χ1n) is 30.5. The molecule has 2 aliphatic rings. The minimum atomic E-state index is -1.76. The second kappa shape index (κ2) is 31.9. The minimum Gasteiger partial charge on any atom is -0.394 e. The smallest absolute Gasteiger partial charge is 0.245 e. The van der Waals surface area contributed by atoms with Gasteiger partial charge in [0.25, 0.3) is 0 Å². The maximum atomic E-state index is 15.0. The zero-order chi connectivity index (χ0) is 65.1. The molecule has 10 amide bonds. The predicted octanol–water partition coefficient (Wildman–Crippen LogP) is -1.53. The highest BCUT2D eigenvalue weighted by molar-refractivity contribution is 6.00. The minimum absolute atomic E-state index is 0.0747. The zero-order valence-corrected chi connectivity index (χ0v) is 50.9. The van der Waals surface area contributed by atoms with Gasteiger partial charge >= 0.3 is 0 Å². The van der Waals surface area contributed by atoms with Crippen molar-refractivity contribution in [2.75, 3.05) is 26.2 Å². The van der Waals surface area contributed by atoms with E-state index in [9.17, 15) is 53.1 Å². The fraction of sp³-hybridized carbons (Fsp3) is 0.459. The van der Waals surface area contributed by atoms with E-state index < -0.39 is 108 Å². The molecule has 2 aliphatic heterocycles. The number of hydrogen-bond acceptors (Lipinski definition) is 14. The molecular formula is C61H81N19O11. The third-order valence-corrected chi connectivity index (χ3v) is 15.9. The Morgan fingerprint density at radius 2 is 1.13 bits per heavy atom. The number of likely N-dealkylation sites (tertiary alicyclic amines) is 1. The molecule has 6 aromatic rings. The Kier molecular flexibility index (Phi) is 23.4. The first-order chi connectivity index (χ1) is 43.8. The van der Waals surface area contributed by atoms with Crippen molar-refractivity contribution in [2.45, 2.75) is 146 Å². The molecule has 0 radical (unpaired) electrons. The van der Waals surface area contributed by atoms with Crippen LogP contribution in [0, 0.1) is 11.3 Å². The van der Waals surface area contributed by atoms with Crippen LogP contribution in [0.1, 0.15) is 88.2 Å². The van der Waals surface area contributed by atoms with Crippen LogP contribution in [-0.2, 0) is 73.6 Å². The van der Waals surface area contributed by atoms with Gasteiger partial charge in [0.15, 0.2) is 5.96 Å². The van der Waals surface area contributed by atoms with Crippen LogP contribution in [0.15, 0.2) is 86.0 Å². The van der Waals surface area contributed by atoms with E-state index in [1.54, 1.807) is 37.5 Å². The van der Waals surface area contributed by atoms with E-state index in [0.717, 1.165) is 16.4 Å². The van der Waals surface area contributed by atoms with Gasteiger partial charge < -0.3 is 88.8 Å². The van der Waals surface area contributed by atoms with Crippen molar-refractivity contribution < 1.29 is 53.1 Å². The number of para-hydroxylation sites is 2. The summed E-state index contributed by atoms with van der Waals surface area (Å²) in [5, 5.41) is 47.0. The summed E-state index contributed by atoms with van der Waals surface area (Å²) in [7, 11) is 0. The molecule has 91 heavy (non-hydrogen) atoms. The number of carbonyl (C=O) groups excluding carboxylic acids is 10. The fourth-order valence-corrected chi connectivity index (χ4v) is 11.3. The van der Waals surface area contributed by atoms with Crippen LogP contribution < -0.4 is 58.9 Å². The number of aliphatic hydroxyl groups excluding tert-OH is 1. The number of nitrogens with two attached hydrogens (primary N) is 1. The Balaban J connectivity index is 1.03. The van der Waals surface area contributed by atoms with Gasteiger partial charge in [-0.25, -0.2) is 9.97 Å². The molecule has 18 N–H and O–H groups in total. The Hall–Kier alpha value is -10.1. The molecule has 0 unspecified atom stereocenters. The van der Waals surface area contributed by atoms with Crippen LogP contribution in [0.25, 0.3) is 21.8 Å². The molecule has 2 fully saturated rings. The van der Waals surface area contributed by atoms with E-state index in [4.69, 9.17) is 11.1 Å². The highest BCUT2D eigenvalue weighted by Gasteiger charge is 2.40. The summed E-state index contributed by atoms with van der Waals surface area (Å²) in [5.74, 6) is -7.52. The van der Waals surface area contributed by atoms with Gasteiger partial charge in [0.2, 0.25) is 59.1 Å². The quantitative estimate of drug-likeness (QED) is 0.0129. The van der Waals surface area contributed by atoms with Crippen LogP contribution in [-0.4, -0.2) is 186 Å². The second-order valence-corrected chi connectivity index (χ2v) is 23.1. The highest BCUT2D eigenvalue weighted by Crippen LogP contribution is 2.23. The second-order valence-electron chi connectivity index (χ2n) is 23.1. The number of amides is 10. The lowest BCUT2D eigenvalue weighted by Gasteiger charge is -2.30. The number of hydrogen-bond donors (Lipinski definition) is 17.